The van der Waals surface area contributed by atoms with Crippen LogP contribution in [-0.4, -0.2) is 20.7 Å². The first-order valence-corrected chi connectivity index (χ1v) is 10.5. The van der Waals surface area contributed by atoms with Crippen LogP contribution in [0.1, 0.15) is 97.8 Å². The molecule has 0 saturated heterocycles. The van der Waals surface area contributed by atoms with Crippen molar-refractivity contribution in [2.24, 2.45) is 5.73 Å². The van der Waals surface area contributed by atoms with Crippen LogP contribution in [0.2, 0.25) is 0 Å². The lowest BCUT2D eigenvalue weighted by Crippen LogP contribution is -2.38. The van der Waals surface area contributed by atoms with Crippen LogP contribution in [-0.2, 0) is 18.8 Å². The van der Waals surface area contributed by atoms with Gasteiger partial charge < -0.3 is 5.73 Å². The predicted molar refractivity (Wildman–Crippen MR) is 95.3 cm³/mol. The number of nitrogens with two attached hydrogens (primary N) is 1. The zero-order chi connectivity index (χ0) is 17.6. The Hall–Kier alpha value is -0.170. The predicted octanol–water partition coefficient (Wildman–Crippen LogP) is 4.66. The summed E-state index contributed by atoms with van der Waals surface area (Å²) in [7, 11) is -3.98. The molecule has 0 aromatic heterocycles. The average Bonchev–Trinajstić information content (AvgIpc) is 2.41. The number of hydrogen-bond acceptors (Lipinski definition) is 5. The third-order valence-electron chi connectivity index (χ3n) is 3.54. The Labute approximate surface area is 143 Å². The second-order valence-electron chi connectivity index (χ2n) is 6.81. The summed E-state index contributed by atoms with van der Waals surface area (Å²) in [6.45, 7) is 5.35. The molecule has 0 amide bonds. The molecule has 0 rings (SSSR count). The Kier molecular flexibility index (Phi) is 13.1. The highest BCUT2D eigenvalue weighted by Crippen LogP contribution is 2.13. The van der Waals surface area contributed by atoms with Gasteiger partial charge in [-0.15, -0.1) is 0 Å². The van der Waals surface area contributed by atoms with Gasteiger partial charge in [-0.05, 0) is 20.3 Å². The minimum atomic E-state index is -3.98. The summed E-state index contributed by atoms with van der Waals surface area (Å²) in [5.74, 6) is 0. The fourth-order valence-corrected chi connectivity index (χ4v) is 3.29. The fraction of sp³-hybridized carbons (Fsp3) is 1.00. The first kappa shape index (κ1) is 22.8. The SMILES string of the molecule is CCCCCCCCCCCCCCOS(=O)(=O)OC(C)(C)N. The average molecular weight is 352 g/mol. The quantitative estimate of drug-likeness (QED) is 0.323. The summed E-state index contributed by atoms with van der Waals surface area (Å²) >= 11 is 0. The van der Waals surface area contributed by atoms with E-state index in [1.54, 1.807) is 0 Å². The Balaban J connectivity index is 3.34. The Morgan fingerprint density at radius 2 is 1.17 bits per heavy atom. The van der Waals surface area contributed by atoms with E-state index >= 15 is 0 Å². The molecule has 0 radical (unpaired) electrons. The molecule has 0 fully saturated rings. The molecule has 23 heavy (non-hydrogen) atoms. The zero-order valence-corrected chi connectivity index (χ0v) is 16.1. The summed E-state index contributed by atoms with van der Waals surface area (Å²) in [5, 5.41) is 0. The molecule has 0 atom stereocenters. The maximum atomic E-state index is 11.4. The molecule has 0 saturated carbocycles. The van der Waals surface area contributed by atoms with Crippen molar-refractivity contribution < 1.29 is 16.8 Å². The number of hydrogen-bond donors (Lipinski definition) is 1. The molecule has 5 nitrogen and oxygen atoms in total. The largest absolute Gasteiger partial charge is 0.401 e. The lowest BCUT2D eigenvalue weighted by Gasteiger charge is -2.17. The molecule has 0 aliphatic carbocycles. The normalized spacial score (nSPS) is 12.7. The van der Waals surface area contributed by atoms with E-state index in [0.717, 1.165) is 19.3 Å². The summed E-state index contributed by atoms with van der Waals surface area (Å²) in [6.07, 6.45) is 14.8. The van der Waals surface area contributed by atoms with E-state index in [-0.39, 0.29) is 6.61 Å². The van der Waals surface area contributed by atoms with Gasteiger partial charge in [0.15, 0.2) is 0 Å². The van der Waals surface area contributed by atoms with E-state index in [1.165, 1.54) is 71.6 Å². The zero-order valence-electron chi connectivity index (χ0n) is 15.3. The Morgan fingerprint density at radius 3 is 1.57 bits per heavy atom. The van der Waals surface area contributed by atoms with E-state index in [0.29, 0.717) is 0 Å². The van der Waals surface area contributed by atoms with Gasteiger partial charge in [0.2, 0.25) is 0 Å². The molecular formula is C17H37NO4S. The Bertz CT molecular complexity index is 363. The first-order chi connectivity index (χ1) is 10.8. The summed E-state index contributed by atoms with van der Waals surface area (Å²) in [4.78, 5) is 0. The van der Waals surface area contributed by atoms with Crippen LogP contribution >= 0.6 is 0 Å². The van der Waals surface area contributed by atoms with Crippen LogP contribution in [0.4, 0.5) is 0 Å². The molecule has 0 aliphatic heterocycles. The molecule has 0 aromatic carbocycles. The van der Waals surface area contributed by atoms with Crippen molar-refractivity contribution in [1.82, 2.24) is 0 Å². The van der Waals surface area contributed by atoms with Crippen molar-refractivity contribution in [2.45, 2.75) is 104 Å². The third-order valence-corrected chi connectivity index (χ3v) is 4.63. The lowest BCUT2D eigenvalue weighted by molar-refractivity contribution is 0.0922. The third kappa shape index (κ3) is 18.0. The molecule has 0 spiro atoms. The molecule has 0 aromatic rings. The van der Waals surface area contributed by atoms with Crippen molar-refractivity contribution in [3.8, 4) is 0 Å². The second-order valence-corrected chi connectivity index (χ2v) is 8.02. The molecule has 2 N–H and O–H groups in total. The van der Waals surface area contributed by atoms with Gasteiger partial charge in [0.05, 0.1) is 6.61 Å². The summed E-state index contributed by atoms with van der Waals surface area (Å²) in [5.41, 5.74) is 4.24. The van der Waals surface area contributed by atoms with Gasteiger partial charge in [0.1, 0.15) is 5.72 Å². The highest BCUT2D eigenvalue weighted by atomic mass is 32.3. The van der Waals surface area contributed by atoms with Crippen LogP contribution < -0.4 is 5.73 Å². The van der Waals surface area contributed by atoms with Crippen molar-refractivity contribution in [2.75, 3.05) is 6.61 Å². The molecule has 140 valence electrons. The highest BCUT2D eigenvalue weighted by Gasteiger charge is 2.22. The van der Waals surface area contributed by atoms with Crippen molar-refractivity contribution >= 4 is 10.4 Å². The van der Waals surface area contributed by atoms with E-state index in [1.807, 2.05) is 0 Å². The molecule has 6 heteroatoms. The van der Waals surface area contributed by atoms with E-state index in [4.69, 9.17) is 9.92 Å². The standard InChI is InChI=1S/C17H37NO4S/c1-4-5-6-7-8-9-10-11-12-13-14-15-16-21-23(19,20)22-17(2,3)18/h4-16,18H2,1-3H3. The molecular weight excluding hydrogens is 314 g/mol. The van der Waals surface area contributed by atoms with E-state index in [9.17, 15) is 8.42 Å². The van der Waals surface area contributed by atoms with E-state index in [2.05, 4.69) is 11.1 Å². The van der Waals surface area contributed by atoms with Crippen molar-refractivity contribution in [3.05, 3.63) is 0 Å². The minimum Gasteiger partial charge on any atom is -0.303 e. The monoisotopic (exact) mass is 351 g/mol. The fourth-order valence-electron chi connectivity index (χ4n) is 2.39. The molecule has 0 heterocycles. The van der Waals surface area contributed by atoms with Crippen LogP contribution in [0.3, 0.4) is 0 Å². The van der Waals surface area contributed by atoms with Crippen LogP contribution in [0, 0.1) is 0 Å². The first-order valence-electron chi connectivity index (χ1n) is 9.16. The van der Waals surface area contributed by atoms with Gasteiger partial charge in [-0.1, -0.05) is 77.6 Å². The van der Waals surface area contributed by atoms with Gasteiger partial charge in [-0.25, -0.2) is 8.37 Å². The minimum absolute atomic E-state index is 0.163. The number of unbranched alkanes of at least 4 members (excludes halogenated alkanes) is 11. The van der Waals surface area contributed by atoms with Gasteiger partial charge >= 0.3 is 10.4 Å². The van der Waals surface area contributed by atoms with Crippen molar-refractivity contribution in [3.63, 3.8) is 0 Å². The van der Waals surface area contributed by atoms with Crippen LogP contribution in [0.25, 0.3) is 0 Å². The Morgan fingerprint density at radius 1 is 0.783 bits per heavy atom. The highest BCUT2D eigenvalue weighted by molar-refractivity contribution is 7.81. The van der Waals surface area contributed by atoms with Gasteiger partial charge in [0.25, 0.3) is 0 Å². The van der Waals surface area contributed by atoms with Gasteiger partial charge in [0, 0.05) is 0 Å². The maximum Gasteiger partial charge on any atom is 0.401 e. The van der Waals surface area contributed by atoms with Crippen LogP contribution in [0.5, 0.6) is 0 Å². The molecule has 0 bridgehead atoms. The topological polar surface area (TPSA) is 78.6 Å². The summed E-state index contributed by atoms with van der Waals surface area (Å²) < 4.78 is 32.3. The molecule has 0 unspecified atom stereocenters. The van der Waals surface area contributed by atoms with Gasteiger partial charge in [-0.3, -0.25) is 0 Å². The summed E-state index contributed by atoms with van der Waals surface area (Å²) in [6, 6.07) is 0. The second kappa shape index (κ2) is 13.2. The lowest BCUT2D eigenvalue weighted by atomic mass is 10.1. The molecule has 0 aliphatic rings. The number of rotatable bonds is 16. The van der Waals surface area contributed by atoms with Gasteiger partial charge in [-0.2, -0.15) is 8.42 Å². The smallest absolute Gasteiger partial charge is 0.303 e. The maximum absolute atomic E-state index is 11.4. The van der Waals surface area contributed by atoms with E-state index < -0.39 is 16.1 Å². The van der Waals surface area contributed by atoms with Crippen molar-refractivity contribution in [1.29, 1.82) is 0 Å². The van der Waals surface area contributed by atoms with Crippen LogP contribution in [0.15, 0.2) is 0 Å².